The predicted molar refractivity (Wildman–Crippen MR) is 64.5 cm³/mol. The average molecular weight is 214 g/mol. The van der Waals surface area contributed by atoms with Crippen LogP contribution in [-0.2, 0) is 4.79 Å². The first-order valence-corrected chi connectivity index (χ1v) is 7.12. The molecule has 1 fully saturated rings. The summed E-state index contributed by atoms with van der Waals surface area (Å²) in [6, 6.07) is 0. The molecule has 0 spiro atoms. The minimum absolute atomic E-state index is 0.0301. The molecule has 1 unspecified atom stereocenters. The maximum atomic E-state index is 11.7. The molecule has 1 heterocycles. The van der Waals surface area contributed by atoms with Gasteiger partial charge in [-0.3, -0.25) is 4.79 Å². The van der Waals surface area contributed by atoms with E-state index in [1.165, 1.54) is 6.16 Å². The summed E-state index contributed by atoms with van der Waals surface area (Å²) in [7, 11) is -0.0301. The molecule has 2 heteroatoms. The Morgan fingerprint density at radius 2 is 1.79 bits per heavy atom. The van der Waals surface area contributed by atoms with Crippen molar-refractivity contribution >= 4 is 13.7 Å². The molecule has 1 atom stereocenters. The van der Waals surface area contributed by atoms with Crippen molar-refractivity contribution in [3.8, 4) is 0 Å². The summed E-state index contributed by atoms with van der Waals surface area (Å²) in [4.78, 5) is 11.7. The Balaban J connectivity index is 2.99. The van der Waals surface area contributed by atoms with E-state index in [0.717, 1.165) is 19.3 Å². The minimum atomic E-state index is -0.0301. The Kier molecular flexibility index (Phi) is 3.41. The zero-order chi connectivity index (χ0) is 11.0. The lowest BCUT2D eigenvalue weighted by molar-refractivity contribution is -0.119. The number of carbonyl (C=O) groups is 1. The van der Waals surface area contributed by atoms with Crippen LogP contribution in [0.2, 0.25) is 0 Å². The first-order chi connectivity index (χ1) is 6.29. The Hall–Kier alpha value is 0.100. The number of carbonyl (C=O) groups excluding carboxylic acids is 1. The molecule has 0 N–H and O–H groups in total. The topological polar surface area (TPSA) is 17.1 Å². The molecule has 0 amide bonds. The zero-order valence-corrected chi connectivity index (χ0v) is 11.1. The Morgan fingerprint density at radius 3 is 2.29 bits per heavy atom. The summed E-state index contributed by atoms with van der Waals surface area (Å²) in [5.74, 6) is 0.474. The lowest BCUT2D eigenvalue weighted by Crippen LogP contribution is -2.29. The fraction of sp³-hybridized carbons (Fsp3) is 0.917. The maximum absolute atomic E-state index is 11.7. The molecule has 0 aliphatic carbocycles. The number of ketones is 1. The second-order valence-electron chi connectivity index (χ2n) is 5.58. The van der Waals surface area contributed by atoms with Gasteiger partial charge in [-0.25, -0.2) is 0 Å². The molecule has 1 aliphatic rings. The van der Waals surface area contributed by atoms with Crippen molar-refractivity contribution < 1.29 is 4.79 Å². The van der Waals surface area contributed by atoms with Crippen LogP contribution in [0.25, 0.3) is 0 Å². The van der Waals surface area contributed by atoms with Crippen molar-refractivity contribution in [3.63, 3.8) is 0 Å². The van der Waals surface area contributed by atoms with Gasteiger partial charge in [0.15, 0.2) is 0 Å². The molecule has 0 aromatic carbocycles. The fourth-order valence-electron chi connectivity index (χ4n) is 2.92. The van der Waals surface area contributed by atoms with Gasteiger partial charge in [0.05, 0.1) is 0 Å². The van der Waals surface area contributed by atoms with Crippen LogP contribution in [0, 0.1) is 0 Å². The van der Waals surface area contributed by atoms with E-state index in [2.05, 4.69) is 34.6 Å². The number of Topliss-reactive ketones (excluding diaryl/α,β-unsaturated/α-hetero) is 1. The fourth-order valence-corrected chi connectivity index (χ4v) is 7.02. The van der Waals surface area contributed by atoms with E-state index in [9.17, 15) is 4.79 Å². The normalized spacial score (nSPS) is 31.2. The highest BCUT2D eigenvalue weighted by atomic mass is 31.1. The Morgan fingerprint density at radius 1 is 1.21 bits per heavy atom. The maximum Gasteiger partial charge on any atom is 0.133 e. The standard InChI is InChI=1S/C12H23OP/c1-6-14-11(2,3)8-7-10(13)9-12(14,4)5/h6-9H2,1-5H3. The second kappa shape index (κ2) is 3.93. The van der Waals surface area contributed by atoms with Crippen LogP contribution in [-0.4, -0.2) is 22.3 Å². The van der Waals surface area contributed by atoms with Gasteiger partial charge in [-0.05, 0) is 22.9 Å². The van der Waals surface area contributed by atoms with Gasteiger partial charge < -0.3 is 0 Å². The van der Waals surface area contributed by atoms with Crippen molar-refractivity contribution in [1.82, 2.24) is 0 Å². The summed E-state index contributed by atoms with van der Waals surface area (Å²) in [5, 5.41) is 0.640. The SMILES string of the molecule is CCP1C(C)(C)CCC(=O)CC1(C)C. The highest BCUT2D eigenvalue weighted by molar-refractivity contribution is 7.60. The molecule has 1 nitrogen and oxygen atoms in total. The van der Waals surface area contributed by atoms with Crippen molar-refractivity contribution in [1.29, 1.82) is 0 Å². The van der Waals surface area contributed by atoms with E-state index >= 15 is 0 Å². The summed E-state index contributed by atoms with van der Waals surface area (Å²) < 4.78 is 0. The average Bonchev–Trinajstić information content (AvgIpc) is 2.06. The van der Waals surface area contributed by atoms with E-state index in [1.54, 1.807) is 0 Å². The van der Waals surface area contributed by atoms with Crippen LogP contribution in [0.3, 0.4) is 0 Å². The van der Waals surface area contributed by atoms with E-state index in [1.807, 2.05) is 0 Å². The Bertz CT molecular complexity index is 230. The molecule has 0 aromatic heterocycles. The van der Waals surface area contributed by atoms with Gasteiger partial charge >= 0.3 is 0 Å². The van der Waals surface area contributed by atoms with Gasteiger partial charge in [0.2, 0.25) is 0 Å². The highest BCUT2D eigenvalue weighted by Gasteiger charge is 2.42. The number of hydrogen-bond donors (Lipinski definition) is 0. The molecule has 82 valence electrons. The van der Waals surface area contributed by atoms with Crippen LogP contribution < -0.4 is 0 Å². The first kappa shape index (κ1) is 12.2. The lowest BCUT2D eigenvalue weighted by Gasteiger charge is -2.42. The van der Waals surface area contributed by atoms with Crippen LogP contribution in [0.5, 0.6) is 0 Å². The second-order valence-corrected chi connectivity index (χ2v) is 9.49. The largest absolute Gasteiger partial charge is 0.300 e. The van der Waals surface area contributed by atoms with Gasteiger partial charge in [-0.15, -0.1) is 0 Å². The summed E-state index contributed by atoms with van der Waals surface area (Å²) in [6.07, 6.45) is 3.95. The Labute approximate surface area is 89.4 Å². The van der Waals surface area contributed by atoms with E-state index in [4.69, 9.17) is 0 Å². The van der Waals surface area contributed by atoms with E-state index < -0.39 is 0 Å². The van der Waals surface area contributed by atoms with Crippen LogP contribution >= 0.6 is 7.92 Å². The van der Waals surface area contributed by atoms with Crippen molar-refractivity contribution in [2.75, 3.05) is 6.16 Å². The molecule has 14 heavy (non-hydrogen) atoms. The molecular formula is C12H23OP. The predicted octanol–water partition coefficient (Wildman–Crippen LogP) is 3.80. The number of rotatable bonds is 1. The first-order valence-electron chi connectivity index (χ1n) is 5.59. The van der Waals surface area contributed by atoms with Crippen molar-refractivity contribution in [2.45, 2.75) is 64.2 Å². The molecule has 1 rings (SSSR count). The van der Waals surface area contributed by atoms with Gasteiger partial charge in [0.25, 0.3) is 0 Å². The third-order valence-corrected chi connectivity index (χ3v) is 7.36. The zero-order valence-electron chi connectivity index (χ0n) is 10.2. The smallest absolute Gasteiger partial charge is 0.133 e. The molecule has 1 aliphatic heterocycles. The van der Waals surface area contributed by atoms with E-state index in [-0.39, 0.29) is 13.1 Å². The van der Waals surface area contributed by atoms with Gasteiger partial charge in [-0.1, -0.05) is 42.5 Å². The van der Waals surface area contributed by atoms with Gasteiger partial charge in [-0.2, -0.15) is 0 Å². The minimum Gasteiger partial charge on any atom is -0.300 e. The molecular weight excluding hydrogens is 191 g/mol. The van der Waals surface area contributed by atoms with Crippen LogP contribution in [0.4, 0.5) is 0 Å². The number of hydrogen-bond acceptors (Lipinski definition) is 1. The van der Waals surface area contributed by atoms with Crippen LogP contribution in [0.15, 0.2) is 0 Å². The quantitative estimate of drug-likeness (QED) is 0.607. The molecule has 0 bridgehead atoms. The van der Waals surface area contributed by atoms with Crippen molar-refractivity contribution in [3.05, 3.63) is 0 Å². The summed E-state index contributed by atoms with van der Waals surface area (Å²) in [6.45, 7) is 11.6. The molecule has 1 saturated heterocycles. The van der Waals surface area contributed by atoms with E-state index in [0.29, 0.717) is 10.9 Å². The van der Waals surface area contributed by atoms with Gasteiger partial charge in [0.1, 0.15) is 5.78 Å². The molecule has 0 radical (unpaired) electrons. The van der Waals surface area contributed by atoms with Crippen molar-refractivity contribution in [2.24, 2.45) is 0 Å². The summed E-state index contributed by atoms with van der Waals surface area (Å²) in [5.41, 5.74) is 0. The summed E-state index contributed by atoms with van der Waals surface area (Å²) >= 11 is 0. The third kappa shape index (κ3) is 2.37. The molecule has 0 aromatic rings. The highest BCUT2D eigenvalue weighted by Crippen LogP contribution is 2.63. The van der Waals surface area contributed by atoms with Gasteiger partial charge in [0, 0.05) is 12.8 Å². The lowest BCUT2D eigenvalue weighted by atomic mass is 10.00. The molecule has 0 saturated carbocycles. The van der Waals surface area contributed by atoms with Crippen LogP contribution in [0.1, 0.15) is 53.9 Å². The third-order valence-electron chi connectivity index (χ3n) is 3.42. The monoisotopic (exact) mass is 214 g/mol.